The fourth-order valence-electron chi connectivity index (χ4n) is 1.12. The van der Waals surface area contributed by atoms with E-state index in [1.165, 1.54) is 13.2 Å². The van der Waals surface area contributed by atoms with Crippen LogP contribution in [0.4, 0.5) is 14.9 Å². The van der Waals surface area contributed by atoms with E-state index in [1.54, 1.807) is 0 Å². The van der Waals surface area contributed by atoms with Gasteiger partial charge in [-0.2, -0.15) is 0 Å². The summed E-state index contributed by atoms with van der Waals surface area (Å²) in [4.78, 5) is 11.0. The number of benzene rings is 1. The maximum absolute atomic E-state index is 13.5. The van der Waals surface area contributed by atoms with Gasteiger partial charge >= 0.3 is 6.09 Å². The van der Waals surface area contributed by atoms with Crippen molar-refractivity contribution >= 4 is 23.4 Å². The molecule has 18 heavy (non-hydrogen) atoms. The molecule has 1 rings (SSSR count). The second-order valence-corrected chi connectivity index (χ2v) is 3.59. The average Bonchev–Trinajstić information content (AvgIpc) is 2.34. The van der Waals surface area contributed by atoms with E-state index in [4.69, 9.17) is 22.8 Å². The highest BCUT2D eigenvalue weighted by Gasteiger charge is 2.12. The Labute approximate surface area is 109 Å². The molecule has 0 aliphatic heterocycles. The summed E-state index contributed by atoms with van der Waals surface area (Å²) in [5, 5.41) is 2.30. The summed E-state index contributed by atoms with van der Waals surface area (Å²) in [5.41, 5.74) is -0.0815. The molecule has 0 saturated carbocycles. The van der Waals surface area contributed by atoms with Gasteiger partial charge in [0.25, 0.3) is 0 Å². The van der Waals surface area contributed by atoms with E-state index in [-0.39, 0.29) is 23.1 Å². The average molecular weight is 272 g/mol. The number of methoxy groups -OCH3 is 1. The summed E-state index contributed by atoms with van der Waals surface area (Å²) >= 11 is 5.79. The zero-order chi connectivity index (χ0) is 13.5. The molecule has 1 aromatic carbocycles. The van der Waals surface area contributed by atoms with Crippen molar-refractivity contribution in [1.29, 1.82) is 0 Å². The summed E-state index contributed by atoms with van der Waals surface area (Å²) in [5.74, 6) is 1.94. The fraction of sp³-hybridized carbons (Fsp3) is 0.250. The van der Waals surface area contributed by atoms with E-state index in [0.717, 1.165) is 6.07 Å². The Morgan fingerprint density at radius 3 is 2.94 bits per heavy atom. The van der Waals surface area contributed by atoms with Gasteiger partial charge in [0.2, 0.25) is 0 Å². The fourth-order valence-corrected chi connectivity index (χ4v) is 1.32. The zero-order valence-corrected chi connectivity index (χ0v) is 10.4. The van der Waals surface area contributed by atoms with Gasteiger partial charge in [-0.25, -0.2) is 9.18 Å². The number of hydrogen-bond donors (Lipinski definition) is 1. The minimum atomic E-state index is -0.786. The number of nitrogens with one attached hydrogen (secondary N) is 1. The highest BCUT2D eigenvalue weighted by Crippen LogP contribution is 2.30. The largest absolute Gasteiger partial charge is 0.491 e. The molecular weight excluding hydrogens is 261 g/mol. The van der Waals surface area contributed by atoms with E-state index in [2.05, 4.69) is 16.0 Å². The van der Waals surface area contributed by atoms with Crippen LogP contribution < -0.4 is 10.1 Å². The monoisotopic (exact) mass is 271 g/mol. The van der Waals surface area contributed by atoms with E-state index in [1.807, 2.05) is 0 Å². The Balaban J connectivity index is 2.88. The third-order valence-electron chi connectivity index (χ3n) is 1.95. The molecule has 0 aliphatic carbocycles. The van der Waals surface area contributed by atoms with Crippen LogP contribution in [-0.4, -0.2) is 19.8 Å². The minimum absolute atomic E-state index is 0.0815. The number of terminal acetylenes is 1. The van der Waals surface area contributed by atoms with Crippen LogP contribution in [0.15, 0.2) is 12.1 Å². The third-order valence-corrected chi connectivity index (χ3v) is 2.24. The molecule has 0 aliphatic rings. The molecular formula is C12H11ClFNO3. The van der Waals surface area contributed by atoms with Gasteiger partial charge in [-0.1, -0.05) is 11.6 Å². The van der Waals surface area contributed by atoms with E-state index < -0.39 is 11.9 Å². The summed E-state index contributed by atoms with van der Waals surface area (Å²) < 4.78 is 23.1. The lowest BCUT2D eigenvalue weighted by atomic mass is 10.3. The van der Waals surface area contributed by atoms with Crippen molar-refractivity contribution in [2.45, 2.75) is 6.42 Å². The molecule has 6 heteroatoms. The van der Waals surface area contributed by atoms with Crippen molar-refractivity contribution in [2.24, 2.45) is 0 Å². The SMILES string of the molecule is C#CCCOc1cc(NC(=O)OC)c(F)cc1Cl. The molecule has 0 aromatic heterocycles. The van der Waals surface area contributed by atoms with Crippen LogP contribution in [0.2, 0.25) is 5.02 Å². The summed E-state index contributed by atoms with van der Waals surface area (Å²) in [6.07, 6.45) is 4.68. The van der Waals surface area contributed by atoms with Gasteiger partial charge in [0, 0.05) is 12.5 Å². The lowest BCUT2D eigenvalue weighted by molar-refractivity contribution is 0.187. The van der Waals surface area contributed by atoms with Crippen LogP contribution in [0.1, 0.15) is 6.42 Å². The summed E-state index contributed by atoms with van der Waals surface area (Å²) in [6.45, 7) is 0.250. The van der Waals surface area contributed by atoms with Crippen LogP contribution in [0.25, 0.3) is 0 Å². The van der Waals surface area contributed by atoms with E-state index in [0.29, 0.717) is 6.42 Å². The highest BCUT2D eigenvalue weighted by atomic mass is 35.5. The number of carbonyl (C=O) groups excluding carboxylic acids is 1. The summed E-state index contributed by atoms with van der Waals surface area (Å²) in [6, 6.07) is 2.31. The van der Waals surface area contributed by atoms with E-state index >= 15 is 0 Å². The van der Waals surface area contributed by atoms with Crippen LogP contribution in [-0.2, 0) is 4.74 Å². The maximum atomic E-state index is 13.5. The molecule has 1 N–H and O–H groups in total. The predicted molar refractivity (Wildman–Crippen MR) is 66.4 cm³/mol. The normalized spacial score (nSPS) is 9.44. The first-order valence-electron chi connectivity index (χ1n) is 4.98. The Morgan fingerprint density at radius 2 is 2.33 bits per heavy atom. The first-order valence-corrected chi connectivity index (χ1v) is 5.36. The molecule has 0 heterocycles. The molecule has 0 saturated heterocycles. The van der Waals surface area contributed by atoms with Gasteiger partial charge in [0.15, 0.2) is 0 Å². The number of amides is 1. The third kappa shape index (κ3) is 3.82. The van der Waals surface area contributed by atoms with Gasteiger partial charge < -0.3 is 9.47 Å². The van der Waals surface area contributed by atoms with Crippen molar-refractivity contribution in [3.8, 4) is 18.1 Å². The molecule has 4 nitrogen and oxygen atoms in total. The zero-order valence-electron chi connectivity index (χ0n) is 9.63. The Bertz CT molecular complexity index is 485. The Hall–Kier alpha value is -1.93. The first-order chi connectivity index (χ1) is 8.58. The number of ether oxygens (including phenoxy) is 2. The predicted octanol–water partition coefficient (Wildman–Crippen LogP) is 3.06. The lowest BCUT2D eigenvalue weighted by Crippen LogP contribution is -2.12. The number of rotatable bonds is 4. The number of carbonyl (C=O) groups is 1. The van der Waals surface area contributed by atoms with E-state index in [9.17, 15) is 9.18 Å². The Morgan fingerprint density at radius 1 is 1.61 bits per heavy atom. The van der Waals surface area contributed by atoms with Crippen LogP contribution in [0, 0.1) is 18.2 Å². The molecule has 0 atom stereocenters. The van der Waals surface area contributed by atoms with Gasteiger partial charge in [-0.05, 0) is 6.07 Å². The second kappa shape index (κ2) is 6.72. The molecule has 0 fully saturated rings. The smallest absolute Gasteiger partial charge is 0.411 e. The van der Waals surface area contributed by atoms with Gasteiger partial charge in [0.05, 0.1) is 24.4 Å². The second-order valence-electron chi connectivity index (χ2n) is 3.18. The molecule has 0 bridgehead atoms. The number of halogens is 2. The van der Waals surface area contributed by atoms with Crippen LogP contribution in [0.3, 0.4) is 0 Å². The topological polar surface area (TPSA) is 47.6 Å². The molecule has 0 radical (unpaired) electrons. The van der Waals surface area contributed by atoms with Crippen molar-refractivity contribution in [3.05, 3.63) is 23.0 Å². The standard InChI is InChI=1S/C12H11ClFNO3/c1-3-4-5-18-11-7-10(15-12(16)17-2)9(14)6-8(11)13/h1,6-7H,4-5H2,2H3,(H,15,16). The van der Waals surface area contributed by atoms with Gasteiger partial charge in [-0.3, -0.25) is 5.32 Å². The van der Waals surface area contributed by atoms with Crippen molar-refractivity contribution in [3.63, 3.8) is 0 Å². The summed E-state index contributed by atoms with van der Waals surface area (Å²) in [7, 11) is 1.17. The minimum Gasteiger partial charge on any atom is -0.491 e. The molecule has 0 unspecified atom stereocenters. The Kier molecular flexibility index (Phi) is 5.28. The first kappa shape index (κ1) is 14.1. The number of hydrogen-bond acceptors (Lipinski definition) is 3. The van der Waals surface area contributed by atoms with Crippen LogP contribution >= 0.6 is 11.6 Å². The molecule has 1 amide bonds. The quantitative estimate of drug-likeness (QED) is 0.676. The molecule has 96 valence electrons. The van der Waals surface area contributed by atoms with Crippen molar-refractivity contribution in [1.82, 2.24) is 0 Å². The van der Waals surface area contributed by atoms with Crippen molar-refractivity contribution in [2.75, 3.05) is 19.0 Å². The molecule has 1 aromatic rings. The molecule has 0 spiro atoms. The lowest BCUT2D eigenvalue weighted by Gasteiger charge is -2.10. The van der Waals surface area contributed by atoms with Crippen LogP contribution in [0.5, 0.6) is 5.75 Å². The van der Waals surface area contributed by atoms with Crippen molar-refractivity contribution < 1.29 is 18.7 Å². The highest BCUT2D eigenvalue weighted by molar-refractivity contribution is 6.32. The maximum Gasteiger partial charge on any atom is 0.411 e. The van der Waals surface area contributed by atoms with Gasteiger partial charge in [-0.15, -0.1) is 12.3 Å². The number of anilines is 1. The van der Waals surface area contributed by atoms with Gasteiger partial charge in [0.1, 0.15) is 11.6 Å².